The monoisotopic (exact) mass is 330 g/mol. The van der Waals surface area contributed by atoms with Gasteiger partial charge in [0.1, 0.15) is 5.82 Å². The number of fused-ring (bicyclic) bond motifs is 1. The van der Waals surface area contributed by atoms with Gasteiger partial charge in [0.25, 0.3) is 5.91 Å². The molecule has 1 amide bonds. The lowest BCUT2D eigenvalue weighted by molar-refractivity contribution is 0.00988. The summed E-state index contributed by atoms with van der Waals surface area (Å²) in [6.45, 7) is 0.487. The van der Waals surface area contributed by atoms with Crippen LogP contribution >= 0.6 is 0 Å². The first-order valence-corrected chi connectivity index (χ1v) is 8.32. The molecular formula is C18H19FN2O3. The van der Waals surface area contributed by atoms with Crippen molar-refractivity contribution in [2.24, 2.45) is 0 Å². The van der Waals surface area contributed by atoms with E-state index in [1.54, 1.807) is 0 Å². The van der Waals surface area contributed by atoms with Crippen LogP contribution in [0.25, 0.3) is 10.9 Å². The van der Waals surface area contributed by atoms with Crippen LogP contribution in [0.3, 0.4) is 0 Å². The molecule has 2 N–H and O–H groups in total. The standard InChI is InChI=1S/C18H19FN2O3/c19-11-3-4-15-13(7-11)14(8-16(22)21-15)17(23)20-12-9-18(24-10-12)5-1-2-6-18/h3-4,7-8,12H,1-2,5-6,9-10H2,(H,20,23)(H,21,22)/t12-/m1/s1. The maximum Gasteiger partial charge on any atom is 0.252 e. The number of aromatic amines is 1. The number of ether oxygens (including phenoxy) is 1. The maximum absolute atomic E-state index is 13.5. The van der Waals surface area contributed by atoms with Crippen molar-refractivity contribution in [3.05, 3.63) is 46.0 Å². The summed E-state index contributed by atoms with van der Waals surface area (Å²) in [5.41, 5.74) is 0.180. The fourth-order valence-corrected chi connectivity index (χ4v) is 3.98. The topological polar surface area (TPSA) is 71.2 Å². The molecule has 1 spiro atoms. The second-order valence-corrected chi connectivity index (χ2v) is 6.81. The molecule has 2 fully saturated rings. The third-order valence-electron chi connectivity index (χ3n) is 5.11. The summed E-state index contributed by atoms with van der Waals surface area (Å²) < 4.78 is 19.5. The summed E-state index contributed by atoms with van der Waals surface area (Å²) in [4.78, 5) is 27.0. The van der Waals surface area contributed by atoms with Gasteiger partial charge < -0.3 is 15.0 Å². The van der Waals surface area contributed by atoms with Crippen LogP contribution < -0.4 is 10.9 Å². The van der Waals surface area contributed by atoms with Crippen molar-refractivity contribution >= 4 is 16.8 Å². The highest BCUT2D eigenvalue weighted by molar-refractivity contribution is 6.06. The quantitative estimate of drug-likeness (QED) is 0.889. The van der Waals surface area contributed by atoms with Gasteiger partial charge in [0.2, 0.25) is 5.56 Å². The molecule has 24 heavy (non-hydrogen) atoms. The average molecular weight is 330 g/mol. The zero-order chi connectivity index (χ0) is 16.7. The van der Waals surface area contributed by atoms with Gasteiger partial charge in [-0.15, -0.1) is 0 Å². The number of aromatic nitrogens is 1. The number of carbonyl (C=O) groups excluding carboxylic acids is 1. The van der Waals surface area contributed by atoms with Gasteiger partial charge in [-0.05, 0) is 37.5 Å². The number of H-pyrrole nitrogens is 1. The van der Waals surface area contributed by atoms with E-state index < -0.39 is 5.82 Å². The number of halogens is 1. The van der Waals surface area contributed by atoms with Crippen LogP contribution in [0, 0.1) is 5.82 Å². The molecule has 2 heterocycles. The number of carbonyl (C=O) groups is 1. The van der Waals surface area contributed by atoms with Crippen molar-refractivity contribution < 1.29 is 13.9 Å². The van der Waals surface area contributed by atoms with E-state index in [1.165, 1.54) is 37.1 Å². The molecule has 2 aliphatic rings. The van der Waals surface area contributed by atoms with Crippen LogP contribution in [-0.2, 0) is 4.74 Å². The van der Waals surface area contributed by atoms with Crippen LogP contribution in [0.15, 0.2) is 29.1 Å². The number of hydrogen-bond donors (Lipinski definition) is 2. The Bertz CT molecular complexity index is 855. The summed E-state index contributed by atoms with van der Waals surface area (Å²) in [5, 5.41) is 3.35. The molecule has 1 saturated carbocycles. The molecule has 0 unspecified atom stereocenters. The fourth-order valence-electron chi connectivity index (χ4n) is 3.98. The Hall–Kier alpha value is -2.21. The first-order chi connectivity index (χ1) is 11.5. The SMILES string of the molecule is O=C(N[C@H]1COC2(CCCC2)C1)c1cc(=O)[nH]c2ccc(F)cc12. The first kappa shape index (κ1) is 15.3. The van der Waals surface area contributed by atoms with Gasteiger partial charge in [-0.25, -0.2) is 4.39 Å². The van der Waals surface area contributed by atoms with E-state index in [0.717, 1.165) is 19.3 Å². The lowest BCUT2D eigenvalue weighted by atomic mass is 9.96. The van der Waals surface area contributed by atoms with E-state index in [4.69, 9.17) is 4.74 Å². The fraction of sp³-hybridized carbons (Fsp3) is 0.444. The van der Waals surface area contributed by atoms with Crippen LogP contribution in [0.4, 0.5) is 4.39 Å². The van der Waals surface area contributed by atoms with E-state index in [0.29, 0.717) is 17.5 Å². The van der Waals surface area contributed by atoms with Crippen LogP contribution in [-0.4, -0.2) is 29.1 Å². The molecule has 1 aromatic carbocycles. The van der Waals surface area contributed by atoms with Crippen molar-refractivity contribution in [3.63, 3.8) is 0 Å². The van der Waals surface area contributed by atoms with E-state index in [2.05, 4.69) is 10.3 Å². The maximum atomic E-state index is 13.5. The molecule has 4 rings (SSSR count). The summed E-state index contributed by atoms with van der Waals surface area (Å²) in [7, 11) is 0. The van der Waals surface area contributed by atoms with Crippen LogP contribution in [0.1, 0.15) is 42.5 Å². The molecule has 1 aliphatic carbocycles. The molecular weight excluding hydrogens is 311 g/mol. The van der Waals surface area contributed by atoms with E-state index in [1.807, 2.05) is 0 Å². The highest BCUT2D eigenvalue weighted by atomic mass is 19.1. The Morgan fingerprint density at radius 2 is 2.08 bits per heavy atom. The number of rotatable bonds is 2. The molecule has 0 bridgehead atoms. The molecule has 1 atom stereocenters. The normalized spacial score (nSPS) is 22.3. The molecule has 6 heteroatoms. The predicted octanol–water partition coefficient (Wildman–Crippen LogP) is 2.50. The van der Waals surface area contributed by atoms with Crippen LogP contribution in [0.2, 0.25) is 0 Å². The van der Waals surface area contributed by atoms with E-state index >= 15 is 0 Å². The number of hydrogen-bond acceptors (Lipinski definition) is 3. The molecule has 1 aliphatic heterocycles. The Balaban J connectivity index is 1.60. The van der Waals surface area contributed by atoms with Gasteiger partial charge in [0, 0.05) is 17.0 Å². The van der Waals surface area contributed by atoms with Gasteiger partial charge >= 0.3 is 0 Å². The van der Waals surface area contributed by atoms with E-state index in [9.17, 15) is 14.0 Å². The molecule has 1 saturated heterocycles. The number of nitrogens with one attached hydrogen (secondary N) is 2. The predicted molar refractivity (Wildman–Crippen MR) is 87.5 cm³/mol. The van der Waals surface area contributed by atoms with Crippen molar-refractivity contribution in [1.29, 1.82) is 0 Å². The van der Waals surface area contributed by atoms with Gasteiger partial charge in [-0.3, -0.25) is 9.59 Å². The van der Waals surface area contributed by atoms with Gasteiger partial charge in [-0.1, -0.05) is 12.8 Å². The Morgan fingerprint density at radius 1 is 1.29 bits per heavy atom. The molecule has 126 valence electrons. The number of pyridine rings is 1. The van der Waals surface area contributed by atoms with Gasteiger partial charge in [-0.2, -0.15) is 0 Å². The first-order valence-electron chi connectivity index (χ1n) is 8.32. The Morgan fingerprint density at radius 3 is 2.88 bits per heavy atom. The molecule has 5 nitrogen and oxygen atoms in total. The number of benzene rings is 1. The number of amides is 1. The Labute approximate surface area is 138 Å². The Kier molecular flexibility index (Phi) is 3.64. The zero-order valence-electron chi connectivity index (χ0n) is 13.2. The second kappa shape index (κ2) is 5.70. The van der Waals surface area contributed by atoms with Crippen molar-refractivity contribution in [2.75, 3.05) is 6.61 Å². The largest absolute Gasteiger partial charge is 0.373 e. The molecule has 0 radical (unpaired) electrons. The summed E-state index contributed by atoms with van der Waals surface area (Å²) >= 11 is 0. The summed E-state index contributed by atoms with van der Waals surface area (Å²) in [5.74, 6) is -0.807. The highest BCUT2D eigenvalue weighted by Gasteiger charge is 2.42. The van der Waals surface area contributed by atoms with Gasteiger partial charge in [0.15, 0.2) is 0 Å². The zero-order valence-corrected chi connectivity index (χ0v) is 13.2. The minimum absolute atomic E-state index is 0.0708. The minimum Gasteiger partial charge on any atom is -0.373 e. The van der Waals surface area contributed by atoms with Crippen molar-refractivity contribution in [3.8, 4) is 0 Å². The summed E-state index contributed by atoms with van der Waals surface area (Å²) in [6.07, 6.45) is 5.21. The summed E-state index contributed by atoms with van der Waals surface area (Å²) in [6, 6.07) is 5.14. The third kappa shape index (κ3) is 2.71. The smallest absolute Gasteiger partial charge is 0.252 e. The lowest BCUT2D eigenvalue weighted by Gasteiger charge is -2.21. The van der Waals surface area contributed by atoms with Crippen molar-refractivity contribution in [2.45, 2.75) is 43.7 Å². The highest BCUT2D eigenvalue weighted by Crippen LogP contribution is 2.40. The third-order valence-corrected chi connectivity index (χ3v) is 5.11. The van der Waals surface area contributed by atoms with E-state index in [-0.39, 0.29) is 28.7 Å². The molecule has 2 aromatic rings. The van der Waals surface area contributed by atoms with Crippen LogP contribution in [0.5, 0.6) is 0 Å². The van der Waals surface area contributed by atoms with Crippen molar-refractivity contribution in [1.82, 2.24) is 10.3 Å². The van der Waals surface area contributed by atoms with Gasteiger partial charge in [0.05, 0.1) is 23.8 Å². The minimum atomic E-state index is -0.447. The second-order valence-electron chi connectivity index (χ2n) is 6.81. The average Bonchev–Trinajstić information content (AvgIpc) is 3.17. The lowest BCUT2D eigenvalue weighted by Crippen LogP contribution is -2.36. The molecule has 1 aromatic heterocycles.